The van der Waals surface area contributed by atoms with Crippen molar-refractivity contribution in [3.05, 3.63) is 27.8 Å². The average Bonchev–Trinajstić information content (AvgIpc) is 3.20. The molecule has 41 heavy (non-hydrogen) atoms. The summed E-state index contributed by atoms with van der Waals surface area (Å²) in [5, 5.41) is 3.19. The highest BCUT2D eigenvalue weighted by atomic mass is 35.5. The summed E-state index contributed by atoms with van der Waals surface area (Å²) in [4.78, 5) is 30.5. The highest BCUT2D eigenvalue weighted by Gasteiger charge is 2.48. The molecule has 1 saturated carbocycles. The van der Waals surface area contributed by atoms with E-state index in [0.717, 1.165) is 11.1 Å². The Kier molecular flexibility index (Phi) is 9.02. The molecule has 14 heteroatoms. The van der Waals surface area contributed by atoms with E-state index in [0.29, 0.717) is 47.8 Å². The van der Waals surface area contributed by atoms with Crippen LogP contribution in [0.3, 0.4) is 0 Å². The van der Waals surface area contributed by atoms with Crippen molar-refractivity contribution in [1.29, 1.82) is 0 Å². The number of nitrogens with two attached hydrogens (primary N) is 1. The number of benzene rings is 1. The standard InChI is InChI=1S/C27H37ClF3N5O4S/c1-16-14-21(35(3)25(32)38)22(28)17(2)20(16)8-13-41(39,40)36-11-9-26(10-12-36)24(37)33-23(34-26)19-6-4-18(5-7-19)15-27(29,30)31/h14,18-19H,4-13,15H2,1-3H3,(H2,32,38)(H,33,34,37). The van der Waals surface area contributed by atoms with Crippen molar-refractivity contribution in [2.24, 2.45) is 22.6 Å². The van der Waals surface area contributed by atoms with E-state index in [9.17, 15) is 31.2 Å². The van der Waals surface area contributed by atoms with Gasteiger partial charge in [0.25, 0.3) is 5.91 Å². The Morgan fingerprint density at radius 3 is 2.39 bits per heavy atom. The van der Waals surface area contributed by atoms with Crippen LogP contribution in [-0.2, 0) is 21.2 Å². The van der Waals surface area contributed by atoms with Gasteiger partial charge in [-0.3, -0.25) is 14.7 Å². The molecular weight excluding hydrogens is 583 g/mol. The largest absolute Gasteiger partial charge is 0.389 e. The number of amides is 3. The molecule has 228 valence electrons. The molecule has 4 rings (SSSR count). The van der Waals surface area contributed by atoms with Crippen LogP contribution in [-0.4, -0.2) is 68.1 Å². The Hall–Kier alpha value is -2.38. The zero-order valence-electron chi connectivity index (χ0n) is 23.5. The lowest BCUT2D eigenvalue weighted by molar-refractivity contribution is -0.146. The first-order valence-corrected chi connectivity index (χ1v) is 15.8. The van der Waals surface area contributed by atoms with E-state index in [1.54, 1.807) is 13.0 Å². The summed E-state index contributed by atoms with van der Waals surface area (Å²) in [6.45, 7) is 3.89. The Morgan fingerprint density at radius 1 is 1.22 bits per heavy atom. The van der Waals surface area contributed by atoms with E-state index >= 15 is 0 Å². The fourth-order valence-electron chi connectivity index (χ4n) is 6.26. The summed E-state index contributed by atoms with van der Waals surface area (Å²) in [6.07, 6.45) is -2.30. The molecule has 1 aromatic carbocycles. The maximum Gasteiger partial charge on any atom is 0.389 e. The molecule has 0 bridgehead atoms. The first-order valence-electron chi connectivity index (χ1n) is 13.8. The summed E-state index contributed by atoms with van der Waals surface area (Å²) >= 11 is 6.49. The topological polar surface area (TPSA) is 125 Å². The number of hydrogen-bond acceptors (Lipinski definition) is 5. The van der Waals surface area contributed by atoms with E-state index in [1.807, 2.05) is 6.92 Å². The summed E-state index contributed by atoms with van der Waals surface area (Å²) in [5.41, 5.74) is 7.04. The molecule has 0 aromatic heterocycles. The number of piperidine rings is 1. The second-order valence-electron chi connectivity index (χ2n) is 11.5. The Morgan fingerprint density at radius 2 is 1.83 bits per heavy atom. The molecule has 1 aromatic rings. The van der Waals surface area contributed by atoms with Gasteiger partial charge in [-0.1, -0.05) is 11.6 Å². The molecule has 9 nitrogen and oxygen atoms in total. The SMILES string of the molecule is Cc1cc(N(C)C(N)=O)c(Cl)c(C)c1CCS(=O)(=O)N1CCC2(CC1)N=C(C1CCC(CC(F)(F)F)CC1)NC2=O. The molecule has 1 spiro atoms. The van der Waals surface area contributed by atoms with Crippen molar-refractivity contribution in [3.63, 3.8) is 0 Å². The molecule has 2 aliphatic heterocycles. The minimum Gasteiger partial charge on any atom is -0.351 e. The van der Waals surface area contributed by atoms with Crippen LogP contribution in [0.1, 0.15) is 61.6 Å². The Balaban J connectivity index is 1.37. The number of hydrogen-bond donors (Lipinski definition) is 2. The molecular formula is C27H37ClF3N5O4S. The monoisotopic (exact) mass is 619 g/mol. The predicted octanol–water partition coefficient (Wildman–Crippen LogP) is 4.47. The third-order valence-electron chi connectivity index (χ3n) is 8.83. The number of nitrogens with zero attached hydrogens (tertiary/aromatic N) is 3. The third-order valence-corrected chi connectivity index (χ3v) is 11.2. The van der Waals surface area contributed by atoms with Crippen LogP contribution in [0, 0.1) is 25.7 Å². The number of anilines is 1. The summed E-state index contributed by atoms with van der Waals surface area (Å²) in [5.74, 6) is -0.361. The quantitative estimate of drug-likeness (QED) is 0.467. The predicted molar refractivity (Wildman–Crippen MR) is 152 cm³/mol. The van der Waals surface area contributed by atoms with Crippen LogP contribution in [0.2, 0.25) is 5.02 Å². The number of aliphatic imine (C=N–C) groups is 1. The minimum absolute atomic E-state index is 0.0861. The van der Waals surface area contributed by atoms with Gasteiger partial charge in [-0.25, -0.2) is 17.5 Å². The number of halogens is 4. The van der Waals surface area contributed by atoms with Crippen molar-refractivity contribution >= 4 is 45.1 Å². The summed E-state index contributed by atoms with van der Waals surface area (Å²) in [7, 11) is -2.14. The first-order chi connectivity index (χ1) is 19.0. The fourth-order valence-corrected chi connectivity index (χ4v) is 8.01. The van der Waals surface area contributed by atoms with Gasteiger partial charge in [0.05, 0.1) is 16.5 Å². The van der Waals surface area contributed by atoms with Crippen molar-refractivity contribution in [1.82, 2.24) is 9.62 Å². The van der Waals surface area contributed by atoms with Gasteiger partial charge in [0.2, 0.25) is 10.0 Å². The molecule has 1 aliphatic carbocycles. The van der Waals surface area contributed by atoms with Gasteiger partial charge < -0.3 is 11.1 Å². The lowest BCUT2D eigenvalue weighted by Crippen LogP contribution is -2.51. The Labute approximate surface area is 243 Å². The van der Waals surface area contributed by atoms with Crippen molar-refractivity contribution < 1.29 is 31.2 Å². The second-order valence-corrected chi connectivity index (χ2v) is 14.0. The number of carbonyl (C=O) groups is 2. The number of sulfonamides is 1. The number of amidine groups is 1. The number of primary amides is 1. The van der Waals surface area contributed by atoms with Crippen LogP contribution in [0.25, 0.3) is 0 Å². The highest BCUT2D eigenvalue weighted by Crippen LogP contribution is 2.39. The van der Waals surface area contributed by atoms with Gasteiger partial charge >= 0.3 is 12.2 Å². The number of aryl methyl sites for hydroxylation is 1. The second kappa shape index (κ2) is 11.7. The van der Waals surface area contributed by atoms with Crippen LogP contribution in [0.4, 0.5) is 23.7 Å². The van der Waals surface area contributed by atoms with E-state index < -0.39 is 40.1 Å². The van der Waals surface area contributed by atoms with Gasteiger partial charge in [-0.15, -0.1) is 0 Å². The molecule has 3 N–H and O–H groups in total. The molecule has 2 fully saturated rings. The average molecular weight is 620 g/mol. The van der Waals surface area contributed by atoms with E-state index in [4.69, 9.17) is 22.3 Å². The third kappa shape index (κ3) is 6.83. The molecule has 1 saturated heterocycles. The number of rotatable bonds is 7. The number of urea groups is 1. The first kappa shape index (κ1) is 31.6. The molecule has 3 amide bonds. The highest BCUT2D eigenvalue weighted by molar-refractivity contribution is 7.89. The smallest absolute Gasteiger partial charge is 0.351 e. The van der Waals surface area contributed by atoms with Crippen molar-refractivity contribution in [3.8, 4) is 0 Å². The van der Waals surface area contributed by atoms with E-state index in [-0.39, 0.29) is 49.9 Å². The van der Waals surface area contributed by atoms with Gasteiger partial charge in [-0.2, -0.15) is 13.2 Å². The molecule has 0 radical (unpaired) electrons. The number of alkyl halides is 3. The fraction of sp³-hybridized carbons (Fsp3) is 0.667. The van der Waals surface area contributed by atoms with E-state index in [2.05, 4.69) is 5.32 Å². The lowest BCUT2D eigenvalue weighted by atomic mass is 9.80. The van der Waals surface area contributed by atoms with Gasteiger partial charge in [0.1, 0.15) is 11.4 Å². The molecule has 0 atom stereocenters. The molecule has 0 unspecified atom stereocenters. The van der Waals surface area contributed by atoms with Gasteiger partial charge in [-0.05, 0) is 87.5 Å². The zero-order valence-corrected chi connectivity index (χ0v) is 25.1. The van der Waals surface area contributed by atoms with Crippen LogP contribution in [0.5, 0.6) is 0 Å². The number of nitrogens with one attached hydrogen (secondary N) is 1. The Bertz CT molecular complexity index is 1340. The minimum atomic E-state index is -4.17. The van der Waals surface area contributed by atoms with Crippen LogP contribution < -0.4 is 16.0 Å². The zero-order chi connectivity index (χ0) is 30.3. The van der Waals surface area contributed by atoms with E-state index in [1.165, 1.54) is 16.3 Å². The summed E-state index contributed by atoms with van der Waals surface area (Å²) < 4.78 is 66.2. The van der Waals surface area contributed by atoms with Crippen molar-refractivity contribution in [2.45, 2.75) is 76.9 Å². The van der Waals surface area contributed by atoms with Gasteiger partial charge in [0, 0.05) is 32.5 Å². The maximum absolute atomic E-state index is 13.3. The maximum atomic E-state index is 13.3. The summed E-state index contributed by atoms with van der Waals surface area (Å²) in [6, 6.07) is 1.05. The number of carbonyl (C=O) groups excluding carboxylic acids is 2. The van der Waals surface area contributed by atoms with Gasteiger partial charge in [0.15, 0.2) is 0 Å². The normalized spacial score (nSPS) is 23.4. The van der Waals surface area contributed by atoms with Crippen molar-refractivity contribution in [2.75, 3.05) is 30.8 Å². The lowest BCUT2D eigenvalue weighted by Gasteiger charge is -2.35. The van der Waals surface area contributed by atoms with Crippen LogP contribution >= 0.6 is 11.6 Å². The molecule has 3 aliphatic rings. The molecule has 2 heterocycles. The van der Waals surface area contributed by atoms with Crippen LogP contribution in [0.15, 0.2) is 11.1 Å².